The van der Waals surface area contributed by atoms with Crippen molar-refractivity contribution < 1.29 is 17.9 Å². The van der Waals surface area contributed by atoms with Crippen molar-refractivity contribution in [1.29, 1.82) is 0 Å². The number of fused-ring (bicyclic) bond motifs is 1. The van der Waals surface area contributed by atoms with E-state index in [2.05, 4.69) is 10.3 Å². The molecule has 1 N–H and O–H groups in total. The molecule has 0 spiro atoms. The van der Waals surface area contributed by atoms with Crippen LogP contribution in [0.25, 0.3) is 28.0 Å². The third-order valence-electron chi connectivity index (χ3n) is 4.80. The Morgan fingerprint density at radius 3 is 2.47 bits per heavy atom. The topological polar surface area (TPSA) is 89.8 Å². The molecule has 2 heterocycles. The minimum atomic E-state index is -3.28. The van der Waals surface area contributed by atoms with Crippen molar-refractivity contribution >= 4 is 27.6 Å². The van der Waals surface area contributed by atoms with E-state index in [1.54, 1.807) is 37.6 Å². The Hall–Kier alpha value is -3.65. The molecule has 0 saturated heterocycles. The molecule has 0 saturated carbocycles. The summed E-state index contributed by atoms with van der Waals surface area (Å²) in [6, 6.07) is 16.0. The number of sulfone groups is 1. The summed E-state index contributed by atoms with van der Waals surface area (Å²) in [5, 5.41) is 2.70. The van der Waals surface area contributed by atoms with Crippen molar-refractivity contribution in [3.63, 3.8) is 0 Å². The molecular formula is C22H19N3O4S. The van der Waals surface area contributed by atoms with Gasteiger partial charge in [-0.2, -0.15) is 0 Å². The number of methoxy groups -OCH3 is 1. The SMILES string of the molecule is COc1cccc(-c2cnc3c(NC=O)cc(-c4ccc(S(C)(=O)=O)cc4)cn23)c1. The van der Waals surface area contributed by atoms with Gasteiger partial charge in [0.25, 0.3) is 0 Å². The highest BCUT2D eigenvalue weighted by molar-refractivity contribution is 7.90. The standard InChI is InChI=1S/C22H19N3O4S/c1-29-18-5-3-4-16(10-18)21-12-23-22-20(24-14-26)11-17(13-25(21)22)15-6-8-19(9-7-15)30(2,27)28/h3-14H,1-2H3,(H,24,26). The Kier molecular flexibility index (Phi) is 5.01. The van der Waals surface area contributed by atoms with Crippen LogP contribution >= 0.6 is 0 Å². The average molecular weight is 421 g/mol. The quantitative estimate of drug-likeness (QED) is 0.480. The van der Waals surface area contributed by atoms with E-state index in [0.29, 0.717) is 17.7 Å². The summed E-state index contributed by atoms with van der Waals surface area (Å²) in [6.45, 7) is 0. The van der Waals surface area contributed by atoms with Gasteiger partial charge < -0.3 is 10.1 Å². The Labute approximate surface area is 173 Å². The first-order chi connectivity index (χ1) is 14.4. The first kappa shape index (κ1) is 19.7. The number of ether oxygens (including phenoxy) is 1. The van der Waals surface area contributed by atoms with E-state index < -0.39 is 9.84 Å². The highest BCUT2D eigenvalue weighted by Crippen LogP contribution is 2.31. The van der Waals surface area contributed by atoms with Gasteiger partial charge in [-0.3, -0.25) is 9.20 Å². The number of hydrogen-bond acceptors (Lipinski definition) is 5. The average Bonchev–Trinajstić information content (AvgIpc) is 3.18. The second-order valence-corrected chi connectivity index (χ2v) is 8.79. The normalized spacial score (nSPS) is 11.4. The van der Waals surface area contributed by atoms with Crippen molar-refractivity contribution in [2.24, 2.45) is 0 Å². The maximum Gasteiger partial charge on any atom is 0.211 e. The maximum absolute atomic E-state index is 11.7. The van der Waals surface area contributed by atoms with Gasteiger partial charge in [-0.1, -0.05) is 24.3 Å². The summed E-state index contributed by atoms with van der Waals surface area (Å²) >= 11 is 0. The minimum absolute atomic E-state index is 0.248. The second kappa shape index (κ2) is 7.64. The summed E-state index contributed by atoms with van der Waals surface area (Å²) < 4.78 is 30.7. The summed E-state index contributed by atoms with van der Waals surface area (Å²) in [7, 11) is -1.67. The number of carbonyl (C=O) groups excluding carboxylic acids is 1. The monoisotopic (exact) mass is 421 g/mol. The summed E-state index contributed by atoms with van der Waals surface area (Å²) in [5.41, 5.74) is 4.48. The number of benzene rings is 2. The van der Waals surface area contributed by atoms with Crippen LogP contribution in [0.15, 0.2) is 71.9 Å². The number of imidazole rings is 1. The number of aromatic nitrogens is 2. The molecule has 0 aliphatic carbocycles. The van der Waals surface area contributed by atoms with Gasteiger partial charge in [0.05, 0.1) is 29.6 Å². The fourth-order valence-corrected chi connectivity index (χ4v) is 3.94. The molecule has 1 amide bonds. The largest absolute Gasteiger partial charge is 0.497 e. The van der Waals surface area contributed by atoms with Crippen molar-refractivity contribution in [2.45, 2.75) is 4.90 Å². The zero-order chi connectivity index (χ0) is 21.3. The predicted molar refractivity (Wildman–Crippen MR) is 115 cm³/mol. The molecule has 4 aromatic rings. The van der Waals surface area contributed by atoms with Crippen LogP contribution in [0.2, 0.25) is 0 Å². The van der Waals surface area contributed by atoms with Gasteiger partial charge >= 0.3 is 0 Å². The third-order valence-corrected chi connectivity index (χ3v) is 5.93. The first-order valence-electron chi connectivity index (χ1n) is 9.07. The van der Waals surface area contributed by atoms with Crippen LogP contribution in [0, 0.1) is 0 Å². The maximum atomic E-state index is 11.7. The lowest BCUT2D eigenvalue weighted by atomic mass is 10.1. The van der Waals surface area contributed by atoms with Gasteiger partial charge in [-0.25, -0.2) is 13.4 Å². The lowest BCUT2D eigenvalue weighted by Gasteiger charge is -2.11. The van der Waals surface area contributed by atoms with Crippen LogP contribution in [-0.2, 0) is 14.6 Å². The van der Waals surface area contributed by atoms with Crippen LogP contribution in [0.5, 0.6) is 5.75 Å². The van der Waals surface area contributed by atoms with E-state index in [4.69, 9.17) is 4.74 Å². The van der Waals surface area contributed by atoms with Crippen LogP contribution in [-0.4, -0.2) is 37.6 Å². The van der Waals surface area contributed by atoms with E-state index in [1.165, 1.54) is 6.26 Å². The van der Waals surface area contributed by atoms with E-state index in [1.807, 2.05) is 40.9 Å². The number of anilines is 1. The second-order valence-electron chi connectivity index (χ2n) is 6.77. The molecule has 2 aromatic carbocycles. The molecule has 152 valence electrons. The van der Waals surface area contributed by atoms with Crippen LogP contribution in [0.1, 0.15) is 0 Å². The van der Waals surface area contributed by atoms with Crippen LogP contribution in [0.3, 0.4) is 0 Å². The molecule has 0 aliphatic heterocycles. The molecule has 8 heteroatoms. The molecule has 0 aliphatic rings. The highest BCUT2D eigenvalue weighted by atomic mass is 32.2. The fourth-order valence-electron chi connectivity index (χ4n) is 3.31. The van der Waals surface area contributed by atoms with Crippen molar-refractivity contribution in [3.05, 3.63) is 67.0 Å². The number of pyridine rings is 1. The Morgan fingerprint density at radius 1 is 1.03 bits per heavy atom. The van der Waals surface area contributed by atoms with Crippen molar-refractivity contribution in [3.8, 4) is 28.1 Å². The van der Waals surface area contributed by atoms with E-state index >= 15 is 0 Å². The van der Waals surface area contributed by atoms with Crippen LogP contribution in [0.4, 0.5) is 5.69 Å². The zero-order valence-electron chi connectivity index (χ0n) is 16.4. The van der Waals surface area contributed by atoms with E-state index in [-0.39, 0.29) is 4.90 Å². The zero-order valence-corrected chi connectivity index (χ0v) is 17.2. The Morgan fingerprint density at radius 2 is 1.80 bits per heavy atom. The lowest BCUT2D eigenvalue weighted by molar-refractivity contribution is -0.105. The summed E-state index contributed by atoms with van der Waals surface area (Å²) in [5.74, 6) is 0.723. The van der Waals surface area contributed by atoms with Gasteiger partial charge in [0.2, 0.25) is 6.41 Å². The van der Waals surface area contributed by atoms with Crippen molar-refractivity contribution in [1.82, 2.24) is 9.38 Å². The number of carbonyl (C=O) groups is 1. The molecular weight excluding hydrogens is 402 g/mol. The smallest absolute Gasteiger partial charge is 0.211 e. The number of nitrogens with one attached hydrogen (secondary N) is 1. The lowest BCUT2D eigenvalue weighted by Crippen LogP contribution is -2.00. The van der Waals surface area contributed by atoms with Gasteiger partial charge in [-0.05, 0) is 35.9 Å². The van der Waals surface area contributed by atoms with Gasteiger partial charge in [0, 0.05) is 23.6 Å². The fraction of sp³-hybridized carbons (Fsp3) is 0.0909. The van der Waals surface area contributed by atoms with Gasteiger partial charge in [-0.15, -0.1) is 0 Å². The molecule has 7 nitrogen and oxygen atoms in total. The minimum Gasteiger partial charge on any atom is -0.497 e. The number of amides is 1. The first-order valence-corrected chi connectivity index (χ1v) is 11.0. The number of hydrogen-bond donors (Lipinski definition) is 1. The molecule has 4 rings (SSSR count). The highest BCUT2D eigenvalue weighted by Gasteiger charge is 2.14. The van der Waals surface area contributed by atoms with E-state index in [0.717, 1.165) is 28.1 Å². The molecule has 30 heavy (non-hydrogen) atoms. The predicted octanol–water partition coefficient (Wildman–Crippen LogP) is 3.65. The number of rotatable bonds is 6. The molecule has 2 aromatic heterocycles. The van der Waals surface area contributed by atoms with E-state index in [9.17, 15) is 13.2 Å². The third kappa shape index (κ3) is 3.65. The Bertz CT molecular complexity index is 1340. The summed E-state index contributed by atoms with van der Waals surface area (Å²) in [4.78, 5) is 15.9. The van der Waals surface area contributed by atoms with Gasteiger partial charge in [0.15, 0.2) is 15.5 Å². The molecule has 0 unspecified atom stereocenters. The van der Waals surface area contributed by atoms with Gasteiger partial charge in [0.1, 0.15) is 5.75 Å². The number of nitrogens with zero attached hydrogens (tertiary/aromatic N) is 2. The molecule has 0 bridgehead atoms. The molecule has 0 fully saturated rings. The summed E-state index contributed by atoms with van der Waals surface area (Å²) in [6.07, 6.45) is 5.41. The Balaban J connectivity index is 1.90. The molecule has 0 radical (unpaired) electrons. The molecule has 0 atom stereocenters. The van der Waals surface area contributed by atoms with Crippen LogP contribution < -0.4 is 10.1 Å². The van der Waals surface area contributed by atoms with Crippen molar-refractivity contribution in [2.75, 3.05) is 18.7 Å².